The third kappa shape index (κ3) is 4.12. The molecular formula is C19H24N2O3S. The Hall–Kier alpha value is -2.08. The predicted molar refractivity (Wildman–Crippen MR) is 98.5 cm³/mol. The number of hydrogen-bond acceptors (Lipinski definition) is 5. The highest BCUT2D eigenvalue weighted by Gasteiger charge is 2.23. The number of carbonyl (C=O) groups excluding carboxylic acids is 1. The largest absolute Gasteiger partial charge is 0.490 e. The Labute approximate surface area is 152 Å². The number of fused-ring (bicyclic) bond motifs is 1. The third-order valence-corrected chi connectivity index (χ3v) is 5.05. The number of amides is 1. The van der Waals surface area contributed by atoms with Crippen molar-refractivity contribution in [1.82, 2.24) is 9.88 Å². The molecule has 6 heteroatoms. The van der Waals surface area contributed by atoms with Gasteiger partial charge in [0.05, 0.1) is 30.3 Å². The van der Waals surface area contributed by atoms with Gasteiger partial charge in [-0.05, 0) is 50.5 Å². The van der Waals surface area contributed by atoms with Crippen molar-refractivity contribution >= 4 is 17.2 Å². The molecule has 1 amide bonds. The summed E-state index contributed by atoms with van der Waals surface area (Å²) in [7, 11) is 0. The van der Waals surface area contributed by atoms with E-state index in [2.05, 4.69) is 11.1 Å². The summed E-state index contributed by atoms with van der Waals surface area (Å²) in [6.07, 6.45) is 1.21. The first-order valence-corrected chi connectivity index (χ1v) is 9.58. The van der Waals surface area contributed by atoms with Crippen LogP contribution < -0.4 is 9.47 Å². The van der Waals surface area contributed by atoms with E-state index in [1.165, 1.54) is 5.56 Å². The highest BCUT2D eigenvalue weighted by atomic mass is 32.1. The van der Waals surface area contributed by atoms with Crippen molar-refractivity contribution in [1.29, 1.82) is 0 Å². The Morgan fingerprint density at radius 3 is 2.48 bits per heavy atom. The first-order chi connectivity index (χ1) is 12.1. The average molecular weight is 360 g/mol. The SMILES string of the molecule is CCOc1cc2c(cc1OCC)CN(C(=O)Cc1csc(C)n1)CC2. The summed E-state index contributed by atoms with van der Waals surface area (Å²) in [6, 6.07) is 4.09. The van der Waals surface area contributed by atoms with Gasteiger partial charge in [-0.3, -0.25) is 4.79 Å². The van der Waals surface area contributed by atoms with E-state index in [9.17, 15) is 4.79 Å². The summed E-state index contributed by atoms with van der Waals surface area (Å²) in [5.41, 5.74) is 3.24. The van der Waals surface area contributed by atoms with Crippen LogP contribution in [0.25, 0.3) is 0 Å². The Morgan fingerprint density at radius 2 is 1.88 bits per heavy atom. The minimum Gasteiger partial charge on any atom is -0.490 e. The van der Waals surface area contributed by atoms with Crippen LogP contribution in [0, 0.1) is 6.92 Å². The van der Waals surface area contributed by atoms with Crippen LogP contribution in [0.15, 0.2) is 17.5 Å². The standard InChI is InChI=1S/C19H24N2O3S/c1-4-23-17-8-14-6-7-21(11-15(14)9-18(17)24-5-2)19(22)10-16-12-25-13(3)20-16/h8-9,12H,4-7,10-11H2,1-3H3. The van der Waals surface area contributed by atoms with Crippen LogP contribution in [0.1, 0.15) is 35.7 Å². The maximum absolute atomic E-state index is 12.6. The molecule has 1 aromatic carbocycles. The van der Waals surface area contributed by atoms with E-state index in [0.717, 1.165) is 40.7 Å². The second kappa shape index (κ2) is 7.87. The van der Waals surface area contributed by atoms with Gasteiger partial charge in [0, 0.05) is 18.5 Å². The molecule has 2 aromatic rings. The molecule has 0 saturated heterocycles. The zero-order valence-electron chi connectivity index (χ0n) is 15.0. The molecule has 0 radical (unpaired) electrons. The smallest absolute Gasteiger partial charge is 0.228 e. The van der Waals surface area contributed by atoms with Crippen molar-refractivity contribution in [2.75, 3.05) is 19.8 Å². The number of carbonyl (C=O) groups is 1. The number of aryl methyl sites for hydroxylation is 1. The van der Waals surface area contributed by atoms with Gasteiger partial charge in [0.1, 0.15) is 0 Å². The minimum absolute atomic E-state index is 0.128. The Balaban J connectivity index is 1.75. The summed E-state index contributed by atoms with van der Waals surface area (Å²) in [6.45, 7) is 8.43. The van der Waals surface area contributed by atoms with E-state index in [-0.39, 0.29) is 5.91 Å². The molecule has 0 unspecified atom stereocenters. The zero-order valence-corrected chi connectivity index (χ0v) is 15.8. The van der Waals surface area contributed by atoms with Crippen LogP contribution in [-0.2, 0) is 24.2 Å². The van der Waals surface area contributed by atoms with Crippen LogP contribution in [-0.4, -0.2) is 35.5 Å². The van der Waals surface area contributed by atoms with Gasteiger partial charge in [-0.1, -0.05) is 0 Å². The van der Waals surface area contributed by atoms with E-state index in [0.29, 0.717) is 26.2 Å². The maximum atomic E-state index is 12.6. The van der Waals surface area contributed by atoms with E-state index in [4.69, 9.17) is 9.47 Å². The normalized spacial score (nSPS) is 13.5. The lowest BCUT2D eigenvalue weighted by molar-refractivity contribution is -0.131. The fourth-order valence-electron chi connectivity index (χ4n) is 3.07. The van der Waals surface area contributed by atoms with Crippen LogP contribution in [0.2, 0.25) is 0 Å². The number of benzene rings is 1. The Bertz CT molecular complexity index is 757. The van der Waals surface area contributed by atoms with Gasteiger partial charge in [-0.2, -0.15) is 0 Å². The quantitative estimate of drug-likeness (QED) is 0.792. The van der Waals surface area contributed by atoms with Gasteiger partial charge in [0.25, 0.3) is 0 Å². The lowest BCUT2D eigenvalue weighted by atomic mass is 9.98. The molecule has 0 bridgehead atoms. The van der Waals surface area contributed by atoms with Gasteiger partial charge < -0.3 is 14.4 Å². The van der Waals surface area contributed by atoms with Crippen molar-refractivity contribution < 1.29 is 14.3 Å². The van der Waals surface area contributed by atoms with Crippen molar-refractivity contribution in [2.45, 2.75) is 40.2 Å². The lowest BCUT2D eigenvalue weighted by Gasteiger charge is -2.29. The molecule has 0 fully saturated rings. The van der Waals surface area contributed by atoms with Crippen molar-refractivity contribution in [3.63, 3.8) is 0 Å². The van der Waals surface area contributed by atoms with Crippen LogP contribution in [0.5, 0.6) is 11.5 Å². The number of thiazole rings is 1. The monoisotopic (exact) mass is 360 g/mol. The molecule has 1 aliphatic rings. The molecular weight excluding hydrogens is 336 g/mol. The highest BCUT2D eigenvalue weighted by Crippen LogP contribution is 2.34. The summed E-state index contributed by atoms with van der Waals surface area (Å²) >= 11 is 1.58. The summed E-state index contributed by atoms with van der Waals surface area (Å²) in [5, 5.41) is 2.96. The number of aromatic nitrogens is 1. The van der Waals surface area contributed by atoms with Gasteiger partial charge in [-0.25, -0.2) is 4.98 Å². The second-order valence-corrected chi connectivity index (χ2v) is 7.10. The lowest BCUT2D eigenvalue weighted by Crippen LogP contribution is -2.37. The summed E-state index contributed by atoms with van der Waals surface area (Å²) in [5.74, 6) is 1.68. The first kappa shape index (κ1) is 17.7. The fraction of sp³-hybridized carbons (Fsp3) is 0.474. The predicted octanol–water partition coefficient (Wildman–Crippen LogP) is 3.38. The van der Waals surface area contributed by atoms with Gasteiger partial charge >= 0.3 is 0 Å². The minimum atomic E-state index is 0.128. The second-order valence-electron chi connectivity index (χ2n) is 6.03. The van der Waals surface area contributed by atoms with Crippen molar-refractivity contribution in [3.05, 3.63) is 39.3 Å². The molecule has 0 aliphatic carbocycles. The summed E-state index contributed by atoms with van der Waals surface area (Å²) in [4.78, 5) is 18.9. The first-order valence-electron chi connectivity index (χ1n) is 8.70. The molecule has 0 spiro atoms. The molecule has 0 saturated carbocycles. The number of hydrogen-bond donors (Lipinski definition) is 0. The Morgan fingerprint density at radius 1 is 1.20 bits per heavy atom. The van der Waals surface area contributed by atoms with Crippen LogP contribution in [0.3, 0.4) is 0 Å². The molecule has 2 heterocycles. The van der Waals surface area contributed by atoms with E-state index in [1.54, 1.807) is 11.3 Å². The molecule has 1 aliphatic heterocycles. The van der Waals surface area contributed by atoms with Crippen molar-refractivity contribution in [3.8, 4) is 11.5 Å². The fourth-order valence-corrected chi connectivity index (χ4v) is 3.68. The maximum Gasteiger partial charge on any atom is 0.228 e. The van der Waals surface area contributed by atoms with E-state index < -0.39 is 0 Å². The average Bonchev–Trinajstić information content (AvgIpc) is 3.00. The van der Waals surface area contributed by atoms with Gasteiger partial charge in [-0.15, -0.1) is 11.3 Å². The number of ether oxygens (including phenoxy) is 2. The Kier molecular flexibility index (Phi) is 5.58. The van der Waals surface area contributed by atoms with Gasteiger partial charge in [0.15, 0.2) is 11.5 Å². The molecule has 1 aromatic heterocycles. The highest BCUT2D eigenvalue weighted by molar-refractivity contribution is 7.09. The molecule has 25 heavy (non-hydrogen) atoms. The van der Waals surface area contributed by atoms with Crippen LogP contribution >= 0.6 is 11.3 Å². The number of rotatable bonds is 6. The number of nitrogens with zero attached hydrogens (tertiary/aromatic N) is 2. The summed E-state index contributed by atoms with van der Waals surface area (Å²) < 4.78 is 11.4. The molecule has 0 N–H and O–H groups in total. The molecule has 3 rings (SSSR count). The van der Waals surface area contributed by atoms with Crippen LogP contribution in [0.4, 0.5) is 0 Å². The molecule has 134 valence electrons. The molecule has 5 nitrogen and oxygen atoms in total. The topological polar surface area (TPSA) is 51.7 Å². The van der Waals surface area contributed by atoms with E-state index >= 15 is 0 Å². The zero-order chi connectivity index (χ0) is 17.8. The van der Waals surface area contributed by atoms with E-state index in [1.807, 2.05) is 37.1 Å². The third-order valence-electron chi connectivity index (χ3n) is 4.23. The molecule has 0 atom stereocenters. The van der Waals surface area contributed by atoms with Crippen molar-refractivity contribution in [2.24, 2.45) is 0 Å². The van der Waals surface area contributed by atoms with Gasteiger partial charge in [0.2, 0.25) is 5.91 Å².